The molecule has 4 heteroatoms. The largest absolute Gasteiger partial charge is 0.377 e. The molecule has 0 unspecified atom stereocenters. The average Bonchev–Trinajstić information content (AvgIpc) is 2.71. The van der Waals surface area contributed by atoms with Crippen molar-refractivity contribution in [2.45, 2.75) is 20.5 Å². The molecule has 0 fully saturated rings. The molecule has 0 heterocycles. The second kappa shape index (κ2) is 8.89. The Labute approximate surface area is 163 Å². The lowest BCUT2D eigenvalue weighted by atomic mass is 10.0. The lowest BCUT2D eigenvalue weighted by Crippen LogP contribution is -1.95. The number of halogens is 3. The van der Waals surface area contributed by atoms with E-state index in [4.69, 9.17) is 4.74 Å². The molecule has 0 spiro atoms. The van der Waals surface area contributed by atoms with E-state index in [1.54, 1.807) is 24.3 Å². The van der Waals surface area contributed by atoms with Crippen molar-refractivity contribution >= 4 is 12.2 Å². The zero-order chi connectivity index (χ0) is 20.1. The van der Waals surface area contributed by atoms with E-state index in [1.165, 1.54) is 19.1 Å². The first-order chi connectivity index (χ1) is 13.5. The van der Waals surface area contributed by atoms with Crippen molar-refractivity contribution in [1.29, 1.82) is 0 Å². The highest BCUT2D eigenvalue weighted by Crippen LogP contribution is 2.24. The number of rotatable bonds is 6. The summed E-state index contributed by atoms with van der Waals surface area (Å²) < 4.78 is 47.0. The molecule has 0 aliphatic heterocycles. The molecule has 0 bridgehead atoms. The maximum absolute atomic E-state index is 14.2. The molecule has 3 rings (SSSR count). The molecule has 1 nitrogen and oxygen atoms in total. The highest BCUT2D eigenvalue weighted by Gasteiger charge is 2.09. The third-order valence-electron chi connectivity index (χ3n) is 4.52. The van der Waals surface area contributed by atoms with Gasteiger partial charge in [-0.3, -0.25) is 0 Å². The third-order valence-corrected chi connectivity index (χ3v) is 4.52. The fourth-order valence-corrected chi connectivity index (χ4v) is 2.82. The monoisotopic (exact) mass is 382 g/mol. The van der Waals surface area contributed by atoms with E-state index >= 15 is 0 Å². The summed E-state index contributed by atoms with van der Waals surface area (Å²) in [6, 6.07) is 15.6. The number of ether oxygens (including phenoxy) is 1. The molecule has 0 amide bonds. The lowest BCUT2D eigenvalue weighted by molar-refractivity contribution is 0.131. The smallest absolute Gasteiger partial charge is 0.166 e. The minimum Gasteiger partial charge on any atom is -0.377 e. The molecule has 0 aliphatic carbocycles. The molecule has 144 valence electrons. The van der Waals surface area contributed by atoms with Gasteiger partial charge >= 0.3 is 0 Å². The van der Waals surface area contributed by atoms with E-state index in [0.29, 0.717) is 12.2 Å². The van der Waals surface area contributed by atoms with E-state index < -0.39 is 11.6 Å². The molecule has 0 saturated heterocycles. The van der Waals surface area contributed by atoms with Crippen molar-refractivity contribution in [2.24, 2.45) is 0 Å². The predicted molar refractivity (Wildman–Crippen MR) is 107 cm³/mol. The van der Waals surface area contributed by atoms with Crippen LogP contribution in [0.1, 0.15) is 29.2 Å². The second-order valence-electron chi connectivity index (χ2n) is 6.50. The molecule has 0 atom stereocenters. The van der Waals surface area contributed by atoms with Crippen molar-refractivity contribution in [2.75, 3.05) is 6.61 Å². The summed E-state index contributed by atoms with van der Waals surface area (Å²) in [7, 11) is 0. The van der Waals surface area contributed by atoms with Crippen LogP contribution in [-0.4, -0.2) is 6.61 Å². The Hall–Kier alpha value is -2.85. The standard InChI is InChI=1S/C24H21F3O/c1-3-28-15-21-13-12-20(14-22(21)25)18-9-5-17(6-10-18)7-11-19-8-4-16(2)23(26)24(19)27/h4-14H,3,15H2,1-2H3/b11-7+. The van der Waals surface area contributed by atoms with Crippen LogP contribution < -0.4 is 0 Å². The molecule has 0 aliphatic rings. The maximum Gasteiger partial charge on any atom is 0.166 e. The van der Waals surface area contributed by atoms with Crippen LogP contribution >= 0.6 is 0 Å². The molecule has 28 heavy (non-hydrogen) atoms. The normalized spacial score (nSPS) is 11.3. The minimum absolute atomic E-state index is 0.194. The molecule has 3 aromatic rings. The Morgan fingerprint density at radius 2 is 1.54 bits per heavy atom. The fourth-order valence-electron chi connectivity index (χ4n) is 2.82. The molecule has 0 radical (unpaired) electrons. The molecule has 0 aromatic heterocycles. The Kier molecular flexibility index (Phi) is 6.32. The van der Waals surface area contributed by atoms with Gasteiger partial charge in [0.15, 0.2) is 11.6 Å². The fraction of sp³-hybridized carbons (Fsp3) is 0.167. The molecule has 0 saturated carbocycles. The summed E-state index contributed by atoms with van der Waals surface area (Å²) >= 11 is 0. The number of hydrogen-bond acceptors (Lipinski definition) is 1. The van der Waals surface area contributed by atoms with Gasteiger partial charge in [-0.25, -0.2) is 13.2 Å². The van der Waals surface area contributed by atoms with Gasteiger partial charge in [0, 0.05) is 17.7 Å². The van der Waals surface area contributed by atoms with Crippen LogP contribution in [0.2, 0.25) is 0 Å². The highest BCUT2D eigenvalue weighted by molar-refractivity contribution is 5.72. The van der Waals surface area contributed by atoms with Crippen LogP contribution in [0.25, 0.3) is 23.3 Å². The van der Waals surface area contributed by atoms with Crippen LogP contribution in [-0.2, 0) is 11.3 Å². The van der Waals surface area contributed by atoms with E-state index in [9.17, 15) is 13.2 Å². The highest BCUT2D eigenvalue weighted by atomic mass is 19.2. The summed E-state index contributed by atoms with van der Waals surface area (Å²) in [5, 5.41) is 0. The average molecular weight is 382 g/mol. The van der Waals surface area contributed by atoms with Gasteiger partial charge in [0.05, 0.1) is 6.61 Å². The zero-order valence-electron chi connectivity index (χ0n) is 15.8. The minimum atomic E-state index is -0.851. The van der Waals surface area contributed by atoms with Crippen LogP contribution in [0.3, 0.4) is 0 Å². The Bertz CT molecular complexity index is 991. The van der Waals surface area contributed by atoms with Crippen molar-refractivity contribution in [3.05, 3.63) is 94.3 Å². The van der Waals surface area contributed by atoms with E-state index in [0.717, 1.165) is 16.7 Å². The van der Waals surface area contributed by atoms with Crippen molar-refractivity contribution < 1.29 is 17.9 Å². The predicted octanol–water partition coefficient (Wildman–Crippen LogP) is 6.79. The Morgan fingerprint density at radius 3 is 2.21 bits per heavy atom. The zero-order valence-corrected chi connectivity index (χ0v) is 15.8. The summed E-state index contributed by atoms with van der Waals surface area (Å²) in [6.07, 6.45) is 3.25. The summed E-state index contributed by atoms with van der Waals surface area (Å²) in [5.41, 5.74) is 3.46. The molecular weight excluding hydrogens is 361 g/mol. The van der Waals surface area contributed by atoms with E-state index in [2.05, 4.69) is 0 Å². The molecule has 3 aromatic carbocycles. The first-order valence-electron chi connectivity index (χ1n) is 9.09. The number of hydrogen-bond donors (Lipinski definition) is 0. The third kappa shape index (κ3) is 4.52. The quantitative estimate of drug-likeness (QED) is 0.427. The number of aryl methyl sites for hydroxylation is 1. The Balaban J connectivity index is 1.77. The van der Waals surface area contributed by atoms with Gasteiger partial charge < -0.3 is 4.74 Å². The Morgan fingerprint density at radius 1 is 0.821 bits per heavy atom. The maximum atomic E-state index is 14.2. The van der Waals surface area contributed by atoms with Crippen LogP contribution in [0.15, 0.2) is 54.6 Å². The van der Waals surface area contributed by atoms with Gasteiger partial charge in [0.25, 0.3) is 0 Å². The lowest BCUT2D eigenvalue weighted by Gasteiger charge is -2.07. The van der Waals surface area contributed by atoms with Crippen LogP contribution in [0.5, 0.6) is 0 Å². The van der Waals surface area contributed by atoms with Crippen molar-refractivity contribution in [1.82, 2.24) is 0 Å². The SMILES string of the molecule is CCOCc1ccc(-c2ccc(/C=C/c3ccc(C)c(F)c3F)cc2)cc1F. The van der Waals surface area contributed by atoms with Gasteiger partial charge in [-0.05, 0) is 42.2 Å². The van der Waals surface area contributed by atoms with Crippen LogP contribution in [0.4, 0.5) is 13.2 Å². The topological polar surface area (TPSA) is 9.23 Å². The van der Waals surface area contributed by atoms with Gasteiger partial charge in [0.1, 0.15) is 5.82 Å². The van der Waals surface area contributed by atoms with Crippen LogP contribution in [0, 0.1) is 24.4 Å². The van der Waals surface area contributed by atoms with Gasteiger partial charge in [0.2, 0.25) is 0 Å². The summed E-state index contributed by atoms with van der Waals surface area (Å²) in [6.45, 7) is 4.18. The van der Waals surface area contributed by atoms with Gasteiger partial charge in [-0.1, -0.05) is 60.7 Å². The summed E-state index contributed by atoms with van der Waals surface area (Å²) in [4.78, 5) is 0. The number of benzene rings is 3. The van der Waals surface area contributed by atoms with E-state index in [1.807, 2.05) is 37.3 Å². The molecule has 0 N–H and O–H groups in total. The van der Waals surface area contributed by atoms with Crippen molar-refractivity contribution in [3.63, 3.8) is 0 Å². The van der Waals surface area contributed by atoms with Gasteiger partial charge in [-0.15, -0.1) is 0 Å². The summed E-state index contributed by atoms with van der Waals surface area (Å²) in [5.74, 6) is -1.98. The first-order valence-corrected chi connectivity index (χ1v) is 9.09. The van der Waals surface area contributed by atoms with E-state index in [-0.39, 0.29) is 23.6 Å². The second-order valence-corrected chi connectivity index (χ2v) is 6.50. The van der Waals surface area contributed by atoms with Crippen molar-refractivity contribution in [3.8, 4) is 11.1 Å². The molecular formula is C24H21F3O. The first kappa shape index (κ1) is 19.9. The van der Waals surface area contributed by atoms with Gasteiger partial charge in [-0.2, -0.15) is 0 Å².